The highest BCUT2D eigenvalue weighted by Crippen LogP contribution is 2.45. The molecule has 6 heterocycles. The average molecular weight is 727 g/mol. The third kappa shape index (κ3) is 9.14. The zero-order valence-electron chi connectivity index (χ0n) is 26.1. The van der Waals surface area contributed by atoms with Gasteiger partial charge < -0.3 is 18.9 Å². The first kappa shape index (κ1) is 33.9. The highest BCUT2D eigenvalue weighted by atomic mass is 32.1. The molecule has 0 unspecified atom stereocenters. The van der Waals surface area contributed by atoms with E-state index in [9.17, 15) is 0 Å². The van der Waals surface area contributed by atoms with Crippen LogP contribution < -0.4 is 0 Å². The molecule has 0 N–H and O–H groups in total. The van der Waals surface area contributed by atoms with Crippen molar-refractivity contribution in [3.63, 3.8) is 0 Å². The van der Waals surface area contributed by atoms with Gasteiger partial charge in [0.15, 0.2) is 0 Å². The Morgan fingerprint density at radius 2 is 0.587 bits per heavy atom. The molecule has 0 saturated carbocycles. The Morgan fingerprint density at radius 1 is 0.326 bits per heavy atom. The molecule has 0 bridgehead atoms. The van der Waals surface area contributed by atoms with E-state index in [-0.39, 0.29) is 0 Å². The van der Waals surface area contributed by atoms with Crippen molar-refractivity contribution in [3.8, 4) is 48.8 Å². The van der Waals surface area contributed by atoms with Gasteiger partial charge >= 0.3 is 0 Å². The smallest absolute Gasteiger partial charge is 0.0700 e. The second kappa shape index (κ2) is 17.4. The van der Waals surface area contributed by atoms with Crippen LogP contribution in [0.3, 0.4) is 0 Å². The summed E-state index contributed by atoms with van der Waals surface area (Å²) >= 11 is 11.3. The van der Waals surface area contributed by atoms with Crippen LogP contribution in [0.2, 0.25) is 0 Å². The summed E-state index contributed by atoms with van der Waals surface area (Å²) in [6.07, 6.45) is 1.89. The minimum absolute atomic E-state index is 0.662. The summed E-state index contributed by atoms with van der Waals surface area (Å²) < 4.78 is 22.1. The van der Waals surface area contributed by atoms with Crippen LogP contribution in [0.4, 0.5) is 0 Å². The van der Waals surface area contributed by atoms with Gasteiger partial charge in [0, 0.05) is 84.6 Å². The van der Waals surface area contributed by atoms with E-state index in [1.165, 1.54) is 58.5 Å². The summed E-state index contributed by atoms with van der Waals surface area (Å²) in [5, 5.41) is 0. The van der Waals surface area contributed by atoms with E-state index in [1.807, 2.05) is 81.9 Å². The first-order valence-electron chi connectivity index (χ1n) is 15.6. The molecular weight excluding hydrogens is 689 g/mol. The minimum Gasteiger partial charge on any atom is -0.379 e. The van der Waals surface area contributed by atoms with Crippen LogP contribution in [-0.4, -0.2) is 52.9 Å². The highest BCUT2D eigenvalue weighted by Gasteiger charge is 2.14. The van der Waals surface area contributed by atoms with E-state index < -0.39 is 0 Å². The van der Waals surface area contributed by atoms with Crippen molar-refractivity contribution in [1.29, 1.82) is 0 Å². The van der Waals surface area contributed by atoms with Gasteiger partial charge in [-0.25, -0.2) is 0 Å². The number of ether oxygens (including phenoxy) is 4. The summed E-state index contributed by atoms with van der Waals surface area (Å²) in [6, 6.07) is 27.1. The molecule has 0 spiro atoms. The van der Waals surface area contributed by atoms with Gasteiger partial charge in [0.2, 0.25) is 0 Å². The van der Waals surface area contributed by atoms with Crippen molar-refractivity contribution in [3.05, 3.63) is 82.6 Å². The number of hydrogen-bond donors (Lipinski definition) is 0. The van der Waals surface area contributed by atoms with Crippen molar-refractivity contribution >= 4 is 68.0 Å². The lowest BCUT2D eigenvalue weighted by molar-refractivity contribution is 0.0543. The molecule has 10 heteroatoms. The monoisotopic (exact) mass is 726 g/mol. The second-order valence-corrected chi connectivity index (χ2v) is 17.0. The maximum Gasteiger partial charge on any atom is 0.0700 e. The normalized spacial score (nSPS) is 11.6. The fourth-order valence-electron chi connectivity index (χ4n) is 4.77. The van der Waals surface area contributed by atoms with Crippen LogP contribution in [0.5, 0.6) is 0 Å². The minimum atomic E-state index is 0.662. The summed E-state index contributed by atoms with van der Waals surface area (Å²) in [6.45, 7) is 9.63. The Kier molecular flexibility index (Phi) is 12.9. The highest BCUT2D eigenvalue weighted by molar-refractivity contribution is 7.30. The van der Waals surface area contributed by atoms with Crippen LogP contribution in [0.25, 0.3) is 48.8 Å². The van der Waals surface area contributed by atoms with Gasteiger partial charge in [-0.1, -0.05) is 0 Å². The lowest BCUT2D eigenvalue weighted by Crippen LogP contribution is -2.05. The maximum atomic E-state index is 5.70. The lowest BCUT2D eigenvalue weighted by atomic mass is 10.3. The number of rotatable bonds is 19. The van der Waals surface area contributed by atoms with Gasteiger partial charge in [0.25, 0.3) is 0 Å². The van der Waals surface area contributed by atoms with Gasteiger partial charge in [-0.2, -0.15) is 0 Å². The maximum absolute atomic E-state index is 5.70. The van der Waals surface area contributed by atoms with Gasteiger partial charge in [-0.15, -0.1) is 68.0 Å². The molecule has 242 valence electrons. The predicted molar refractivity (Wildman–Crippen MR) is 203 cm³/mol. The van der Waals surface area contributed by atoms with Crippen LogP contribution in [0.1, 0.15) is 23.6 Å². The molecule has 6 aromatic heterocycles. The Bertz CT molecular complexity index is 1640. The summed E-state index contributed by atoms with van der Waals surface area (Å²) in [5.74, 6) is 0. The van der Waals surface area contributed by atoms with E-state index in [1.54, 1.807) is 0 Å². The number of hydrogen-bond acceptors (Lipinski definition) is 10. The van der Waals surface area contributed by atoms with Gasteiger partial charge in [0.05, 0.1) is 39.6 Å². The topological polar surface area (TPSA) is 36.9 Å². The van der Waals surface area contributed by atoms with Crippen LogP contribution in [-0.2, 0) is 31.8 Å². The molecule has 0 radical (unpaired) electrons. The molecule has 46 heavy (non-hydrogen) atoms. The van der Waals surface area contributed by atoms with Gasteiger partial charge in [-0.3, -0.25) is 0 Å². The van der Waals surface area contributed by atoms with E-state index in [4.69, 9.17) is 18.9 Å². The zero-order valence-corrected chi connectivity index (χ0v) is 31.0. The quantitative estimate of drug-likeness (QED) is 0.0779. The second-order valence-electron chi connectivity index (χ2n) is 10.3. The molecule has 0 aliphatic rings. The summed E-state index contributed by atoms with van der Waals surface area (Å²) in [4.78, 5) is 16.0. The van der Waals surface area contributed by atoms with E-state index in [0.717, 1.165) is 39.3 Å². The third-order valence-corrected chi connectivity index (χ3v) is 14.7. The summed E-state index contributed by atoms with van der Waals surface area (Å²) in [5.41, 5.74) is 0. The van der Waals surface area contributed by atoms with Gasteiger partial charge in [0.1, 0.15) is 0 Å². The van der Waals surface area contributed by atoms with Crippen molar-refractivity contribution < 1.29 is 18.9 Å². The molecule has 0 amide bonds. The zero-order chi connectivity index (χ0) is 31.6. The molecule has 6 rings (SSSR count). The molecular formula is C36H38O4S6. The molecule has 4 nitrogen and oxygen atoms in total. The van der Waals surface area contributed by atoms with Crippen molar-refractivity contribution in [2.75, 3.05) is 52.9 Å². The fourth-order valence-corrected chi connectivity index (χ4v) is 11.2. The van der Waals surface area contributed by atoms with Crippen LogP contribution in [0, 0.1) is 0 Å². The van der Waals surface area contributed by atoms with Crippen LogP contribution in [0.15, 0.2) is 72.8 Å². The molecule has 0 aliphatic carbocycles. The van der Waals surface area contributed by atoms with Gasteiger partial charge in [-0.05, 0) is 86.6 Å². The lowest BCUT2D eigenvalue weighted by Gasteiger charge is -2.02. The molecule has 0 atom stereocenters. The fraction of sp³-hybridized carbons (Fsp3) is 0.333. The first-order chi connectivity index (χ1) is 22.7. The Morgan fingerprint density at radius 3 is 0.891 bits per heavy atom. The molecule has 0 saturated heterocycles. The third-order valence-electron chi connectivity index (χ3n) is 7.10. The standard InChI is InChI=1S/C36H38O4S6/c1-3-37-21-23-39-19-17-25-5-7-27(41-25)29-9-11-31(43-29)33-13-15-35(45-33)36-16-14-34(46-36)32-12-10-30(44-32)28-8-6-26(42-28)18-20-40-24-22-38-4-2/h5-16H,3-4,17-24H2,1-2H3. The Hall–Kier alpha value is -1.96. The van der Waals surface area contributed by atoms with E-state index in [0.29, 0.717) is 26.4 Å². The Balaban J connectivity index is 1.03. The molecule has 0 aliphatic heterocycles. The van der Waals surface area contributed by atoms with Crippen LogP contribution >= 0.6 is 68.0 Å². The van der Waals surface area contributed by atoms with E-state index >= 15 is 0 Å². The van der Waals surface area contributed by atoms with E-state index in [2.05, 4.69) is 72.8 Å². The first-order valence-corrected chi connectivity index (χ1v) is 20.5. The number of thiophene rings is 6. The van der Waals surface area contributed by atoms with Crippen molar-refractivity contribution in [2.45, 2.75) is 26.7 Å². The summed E-state index contributed by atoms with van der Waals surface area (Å²) in [7, 11) is 0. The van der Waals surface area contributed by atoms with Crippen molar-refractivity contribution in [1.82, 2.24) is 0 Å². The largest absolute Gasteiger partial charge is 0.379 e. The van der Waals surface area contributed by atoms with Crippen molar-refractivity contribution in [2.24, 2.45) is 0 Å². The molecule has 6 aromatic rings. The average Bonchev–Trinajstić information content (AvgIpc) is 3.91. The molecule has 0 aromatic carbocycles. The molecule has 0 fully saturated rings. The predicted octanol–water partition coefficient (Wildman–Crippen LogP) is 11.6. The Labute approximate surface area is 295 Å². The SMILES string of the molecule is CCOCCOCCc1ccc(-c2ccc(-c3ccc(-c4ccc(-c5ccc(-c6ccc(CCOCCOCC)s6)s5)s4)s3)s2)s1.